The Morgan fingerprint density at radius 3 is 2.53 bits per heavy atom. The molecule has 0 unspecified atom stereocenters. The van der Waals surface area contributed by atoms with Crippen molar-refractivity contribution < 1.29 is 14.3 Å². The largest absolute Gasteiger partial charge is 0.452 e. The van der Waals surface area contributed by atoms with Crippen molar-refractivity contribution in [1.29, 1.82) is 0 Å². The van der Waals surface area contributed by atoms with E-state index in [0.29, 0.717) is 11.3 Å². The molecule has 0 saturated heterocycles. The van der Waals surface area contributed by atoms with Gasteiger partial charge in [-0.3, -0.25) is 4.79 Å². The number of nitrogens with two attached hydrogens (primary N) is 1. The van der Waals surface area contributed by atoms with E-state index in [2.05, 4.69) is 0 Å². The number of aryl methyl sites for hydroxylation is 1. The van der Waals surface area contributed by atoms with E-state index in [9.17, 15) is 9.59 Å². The van der Waals surface area contributed by atoms with Gasteiger partial charge < -0.3 is 15.4 Å². The molecule has 19 heavy (non-hydrogen) atoms. The first-order valence-corrected chi connectivity index (χ1v) is 6.12. The van der Waals surface area contributed by atoms with Gasteiger partial charge in [-0.15, -0.1) is 0 Å². The number of nitrogens with zero attached hydrogens (tertiary/aromatic N) is 1. The average molecular weight is 264 g/mol. The Labute approximate surface area is 113 Å². The van der Waals surface area contributed by atoms with Crippen LogP contribution in [0.1, 0.15) is 29.8 Å². The number of ether oxygens (including phenoxy) is 1. The van der Waals surface area contributed by atoms with Gasteiger partial charge in [0.15, 0.2) is 6.61 Å². The van der Waals surface area contributed by atoms with Gasteiger partial charge in [-0.2, -0.15) is 0 Å². The van der Waals surface area contributed by atoms with Crippen molar-refractivity contribution in [1.82, 2.24) is 4.90 Å². The van der Waals surface area contributed by atoms with Crippen molar-refractivity contribution in [3.63, 3.8) is 0 Å². The van der Waals surface area contributed by atoms with Gasteiger partial charge >= 0.3 is 5.97 Å². The lowest BCUT2D eigenvalue weighted by Gasteiger charge is -2.21. The summed E-state index contributed by atoms with van der Waals surface area (Å²) in [5.41, 5.74) is 7.49. The lowest BCUT2D eigenvalue weighted by Crippen LogP contribution is -2.36. The van der Waals surface area contributed by atoms with Crippen LogP contribution in [0.3, 0.4) is 0 Å². The molecule has 1 rings (SSSR count). The molecule has 0 radical (unpaired) electrons. The summed E-state index contributed by atoms with van der Waals surface area (Å²) in [5, 5.41) is 0. The standard InChI is InChI=1S/C14H20N2O3/c1-9(2)16(4)13(17)8-19-14(18)11-5-6-12(15)10(3)7-11/h5-7,9H,8,15H2,1-4H3. The monoisotopic (exact) mass is 264 g/mol. The Kier molecular flexibility index (Phi) is 4.92. The SMILES string of the molecule is Cc1cc(C(=O)OCC(=O)N(C)C(C)C)ccc1N. The number of likely N-dealkylation sites (N-methyl/N-ethyl adjacent to an activating group) is 1. The maximum atomic E-state index is 11.8. The molecule has 0 aliphatic heterocycles. The summed E-state index contributed by atoms with van der Waals surface area (Å²) in [5.74, 6) is -0.746. The number of rotatable bonds is 4. The summed E-state index contributed by atoms with van der Waals surface area (Å²) in [4.78, 5) is 25.0. The van der Waals surface area contributed by atoms with Gasteiger partial charge in [0.25, 0.3) is 5.91 Å². The van der Waals surface area contributed by atoms with Gasteiger partial charge in [0.05, 0.1) is 5.56 Å². The quantitative estimate of drug-likeness (QED) is 0.662. The highest BCUT2D eigenvalue weighted by atomic mass is 16.5. The van der Waals surface area contributed by atoms with E-state index in [1.165, 1.54) is 4.90 Å². The molecule has 5 heteroatoms. The average Bonchev–Trinajstić information content (AvgIpc) is 2.37. The maximum absolute atomic E-state index is 11.8. The van der Waals surface area contributed by atoms with Gasteiger partial charge in [0.1, 0.15) is 0 Å². The lowest BCUT2D eigenvalue weighted by atomic mass is 10.1. The zero-order valence-corrected chi connectivity index (χ0v) is 11.8. The highest BCUT2D eigenvalue weighted by Gasteiger charge is 2.15. The van der Waals surface area contributed by atoms with E-state index in [4.69, 9.17) is 10.5 Å². The van der Waals surface area contributed by atoms with Crippen LogP contribution in [0.4, 0.5) is 5.69 Å². The Morgan fingerprint density at radius 2 is 2.00 bits per heavy atom. The predicted molar refractivity (Wildman–Crippen MR) is 73.8 cm³/mol. The molecule has 0 bridgehead atoms. The topological polar surface area (TPSA) is 72.6 Å². The molecule has 1 amide bonds. The Hall–Kier alpha value is -2.04. The van der Waals surface area contributed by atoms with Gasteiger partial charge in [-0.25, -0.2) is 4.79 Å². The first-order chi connectivity index (χ1) is 8.82. The Bertz CT molecular complexity index is 484. The van der Waals surface area contributed by atoms with Crippen LogP contribution in [0.5, 0.6) is 0 Å². The molecule has 0 fully saturated rings. The maximum Gasteiger partial charge on any atom is 0.338 e. The summed E-state index contributed by atoms with van der Waals surface area (Å²) in [7, 11) is 1.67. The number of carbonyl (C=O) groups is 2. The highest BCUT2D eigenvalue weighted by Crippen LogP contribution is 2.13. The number of esters is 1. The Morgan fingerprint density at radius 1 is 1.37 bits per heavy atom. The van der Waals surface area contributed by atoms with Crippen molar-refractivity contribution in [3.05, 3.63) is 29.3 Å². The number of benzene rings is 1. The van der Waals surface area contributed by atoms with Crippen molar-refractivity contribution in [2.24, 2.45) is 0 Å². The molecule has 0 atom stereocenters. The van der Waals surface area contributed by atoms with E-state index in [1.54, 1.807) is 25.2 Å². The van der Waals surface area contributed by atoms with Crippen molar-refractivity contribution in [2.45, 2.75) is 26.8 Å². The Balaban J connectivity index is 2.61. The van der Waals surface area contributed by atoms with E-state index in [0.717, 1.165) is 5.56 Å². The molecular weight excluding hydrogens is 244 g/mol. The molecule has 5 nitrogen and oxygen atoms in total. The van der Waals surface area contributed by atoms with Crippen LogP contribution in [-0.4, -0.2) is 36.5 Å². The van der Waals surface area contributed by atoms with Crippen LogP contribution in [0.2, 0.25) is 0 Å². The van der Waals surface area contributed by atoms with Crippen LogP contribution >= 0.6 is 0 Å². The minimum absolute atomic E-state index is 0.0740. The van der Waals surface area contributed by atoms with E-state index >= 15 is 0 Å². The van der Waals surface area contributed by atoms with Crippen LogP contribution < -0.4 is 5.73 Å². The van der Waals surface area contributed by atoms with E-state index in [-0.39, 0.29) is 18.6 Å². The first kappa shape index (κ1) is 15.0. The summed E-state index contributed by atoms with van der Waals surface area (Å²) < 4.78 is 4.99. The van der Waals surface area contributed by atoms with Gasteiger partial charge in [0, 0.05) is 18.8 Å². The van der Waals surface area contributed by atoms with Crippen molar-refractivity contribution >= 4 is 17.6 Å². The van der Waals surface area contributed by atoms with Crippen LogP contribution in [0.25, 0.3) is 0 Å². The number of carbonyl (C=O) groups excluding carboxylic acids is 2. The number of hydrogen-bond acceptors (Lipinski definition) is 4. The fraction of sp³-hybridized carbons (Fsp3) is 0.429. The van der Waals surface area contributed by atoms with Crippen LogP contribution in [-0.2, 0) is 9.53 Å². The van der Waals surface area contributed by atoms with E-state index in [1.807, 2.05) is 20.8 Å². The van der Waals surface area contributed by atoms with Crippen LogP contribution in [0, 0.1) is 6.92 Å². The molecule has 0 saturated carbocycles. The van der Waals surface area contributed by atoms with Crippen molar-refractivity contribution in [2.75, 3.05) is 19.4 Å². The van der Waals surface area contributed by atoms with Gasteiger partial charge in [0.2, 0.25) is 0 Å². The number of nitrogen functional groups attached to an aromatic ring is 1. The molecule has 1 aromatic rings. The van der Waals surface area contributed by atoms with Gasteiger partial charge in [-0.05, 0) is 44.5 Å². The molecule has 104 valence electrons. The molecular formula is C14H20N2O3. The normalized spacial score (nSPS) is 10.4. The number of amides is 1. The molecule has 1 aromatic carbocycles. The van der Waals surface area contributed by atoms with Crippen LogP contribution in [0.15, 0.2) is 18.2 Å². The summed E-state index contributed by atoms with van der Waals surface area (Å²) in [6.07, 6.45) is 0. The lowest BCUT2D eigenvalue weighted by molar-refractivity contribution is -0.134. The fourth-order valence-corrected chi connectivity index (χ4v) is 1.40. The number of anilines is 1. The van der Waals surface area contributed by atoms with E-state index < -0.39 is 5.97 Å². The molecule has 0 heterocycles. The zero-order valence-electron chi connectivity index (χ0n) is 11.8. The van der Waals surface area contributed by atoms with Crippen molar-refractivity contribution in [3.8, 4) is 0 Å². The zero-order chi connectivity index (χ0) is 14.6. The first-order valence-electron chi connectivity index (χ1n) is 6.12. The second kappa shape index (κ2) is 6.22. The minimum atomic E-state index is -0.520. The molecule has 0 aromatic heterocycles. The molecule has 2 N–H and O–H groups in total. The van der Waals surface area contributed by atoms with Gasteiger partial charge in [-0.1, -0.05) is 0 Å². The summed E-state index contributed by atoms with van der Waals surface area (Å²) >= 11 is 0. The minimum Gasteiger partial charge on any atom is -0.452 e. The molecule has 0 spiro atoms. The predicted octanol–water partition coefficient (Wildman–Crippen LogP) is 1.60. The summed E-state index contributed by atoms with van der Waals surface area (Å²) in [6.45, 7) is 5.34. The number of hydrogen-bond donors (Lipinski definition) is 1. The summed E-state index contributed by atoms with van der Waals surface area (Å²) in [6, 6.07) is 4.95. The highest BCUT2D eigenvalue weighted by molar-refractivity contribution is 5.92. The molecule has 0 aliphatic rings. The third kappa shape index (κ3) is 3.98. The third-order valence-electron chi connectivity index (χ3n) is 3.00. The second-order valence-electron chi connectivity index (χ2n) is 4.75. The second-order valence-corrected chi connectivity index (χ2v) is 4.75. The fourth-order valence-electron chi connectivity index (χ4n) is 1.40. The smallest absolute Gasteiger partial charge is 0.338 e. The third-order valence-corrected chi connectivity index (χ3v) is 3.00. The molecule has 0 aliphatic carbocycles.